The molecule has 0 aromatic carbocycles. The molecule has 0 saturated heterocycles. The zero-order chi connectivity index (χ0) is 10.5. The Hall–Kier alpha value is -1.01. The molecule has 0 aliphatic carbocycles. The third-order valence-corrected chi connectivity index (χ3v) is 2.01. The van der Waals surface area contributed by atoms with Crippen LogP contribution in [0.3, 0.4) is 0 Å². The topological polar surface area (TPSA) is 32.3 Å². The molecule has 0 spiro atoms. The van der Waals surface area contributed by atoms with E-state index in [1.807, 2.05) is 13.0 Å². The minimum absolute atomic E-state index is 0.126. The number of hydrogen-bond acceptors (Lipinski definition) is 2. The molecule has 0 fully saturated rings. The smallest absolute Gasteiger partial charge is 0.295 e. The van der Waals surface area contributed by atoms with Crippen LogP contribution in [-0.4, -0.2) is 36.5 Å². The van der Waals surface area contributed by atoms with E-state index in [-0.39, 0.29) is 11.4 Å². The number of carbonyl (C=O) groups excluding carboxylic acids is 1. The summed E-state index contributed by atoms with van der Waals surface area (Å²) in [6, 6.07) is 0. The average Bonchev–Trinajstić information content (AvgIpc) is 2.02. The van der Waals surface area contributed by atoms with E-state index in [4.69, 9.17) is 6.42 Å². The van der Waals surface area contributed by atoms with Gasteiger partial charge in [-0.3, -0.25) is 9.69 Å². The molecule has 0 rings (SSSR count). The number of rotatable bonds is 3. The van der Waals surface area contributed by atoms with Gasteiger partial charge in [0, 0.05) is 18.6 Å². The van der Waals surface area contributed by atoms with Crippen molar-refractivity contribution in [3.05, 3.63) is 0 Å². The van der Waals surface area contributed by atoms with Crippen molar-refractivity contribution in [2.75, 3.05) is 20.1 Å². The lowest BCUT2D eigenvalue weighted by Crippen LogP contribution is -2.42. The van der Waals surface area contributed by atoms with Crippen LogP contribution in [-0.2, 0) is 4.79 Å². The van der Waals surface area contributed by atoms with Crippen molar-refractivity contribution < 1.29 is 4.79 Å². The summed E-state index contributed by atoms with van der Waals surface area (Å²) in [5.41, 5.74) is 0.126. The average molecular weight is 182 g/mol. The van der Waals surface area contributed by atoms with E-state index >= 15 is 0 Å². The molecule has 0 saturated carbocycles. The number of carbonyl (C=O) groups is 1. The second kappa shape index (κ2) is 4.88. The lowest BCUT2D eigenvalue weighted by molar-refractivity contribution is -0.115. The first kappa shape index (κ1) is 12.0. The van der Waals surface area contributed by atoms with Crippen LogP contribution in [0.15, 0.2) is 0 Å². The van der Waals surface area contributed by atoms with Gasteiger partial charge in [0.1, 0.15) is 0 Å². The first-order valence-electron chi connectivity index (χ1n) is 4.33. The van der Waals surface area contributed by atoms with Gasteiger partial charge in [-0.15, -0.1) is 6.42 Å². The van der Waals surface area contributed by atoms with Gasteiger partial charge in [-0.1, -0.05) is 0 Å². The number of likely N-dealkylation sites (N-methyl/N-ethyl adjacent to an activating group) is 1. The Morgan fingerprint density at radius 3 is 2.46 bits per heavy atom. The van der Waals surface area contributed by atoms with Crippen LogP contribution >= 0.6 is 0 Å². The van der Waals surface area contributed by atoms with Crippen molar-refractivity contribution in [2.45, 2.75) is 26.3 Å². The van der Waals surface area contributed by atoms with Crippen molar-refractivity contribution in [3.63, 3.8) is 0 Å². The molecular formula is C10H18N2O. The molecule has 1 amide bonds. The molecule has 0 radical (unpaired) electrons. The third kappa shape index (κ3) is 5.26. The maximum absolute atomic E-state index is 10.7. The molecule has 0 aromatic heterocycles. The first-order valence-corrected chi connectivity index (χ1v) is 4.33. The Labute approximate surface area is 80.5 Å². The Morgan fingerprint density at radius 1 is 1.54 bits per heavy atom. The highest BCUT2D eigenvalue weighted by molar-refractivity contribution is 5.92. The molecule has 0 aliphatic heterocycles. The van der Waals surface area contributed by atoms with Crippen LogP contribution in [0.5, 0.6) is 0 Å². The van der Waals surface area contributed by atoms with Gasteiger partial charge < -0.3 is 5.32 Å². The number of hydrogen-bond donors (Lipinski definition) is 1. The molecule has 74 valence electrons. The number of nitrogens with one attached hydrogen (secondary N) is 1. The molecular weight excluding hydrogens is 164 g/mol. The molecule has 1 N–H and O–H groups in total. The molecule has 3 nitrogen and oxygen atoms in total. The zero-order valence-electron chi connectivity index (χ0n) is 8.85. The summed E-state index contributed by atoms with van der Waals surface area (Å²) in [5.74, 6) is 1.66. The highest BCUT2D eigenvalue weighted by Crippen LogP contribution is 2.08. The van der Waals surface area contributed by atoms with Crippen molar-refractivity contribution in [3.8, 4) is 12.3 Å². The van der Waals surface area contributed by atoms with E-state index in [2.05, 4.69) is 31.0 Å². The molecule has 3 heteroatoms. The summed E-state index contributed by atoms with van der Waals surface area (Å²) in [6.45, 7) is 7.76. The molecule has 0 unspecified atom stereocenters. The minimum atomic E-state index is -0.345. The van der Waals surface area contributed by atoms with Crippen molar-refractivity contribution in [2.24, 2.45) is 0 Å². The van der Waals surface area contributed by atoms with Crippen molar-refractivity contribution in [1.82, 2.24) is 10.2 Å². The van der Waals surface area contributed by atoms with Gasteiger partial charge in [-0.2, -0.15) is 0 Å². The Kier molecular flexibility index (Phi) is 4.50. The number of nitrogens with zero attached hydrogens (tertiary/aromatic N) is 1. The van der Waals surface area contributed by atoms with Crippen molar-refractivity contribution in [1.29, 1.82) is 0 Å². The van der Waals surface area contributed by atoms with E-state index in [1.54, 1.807) is 0 Å². The van der Waals surface area contributed by atoms with Gasteiger partial charge in [-0.05, 0) is 33.7 Å². The summed E-state index contributed by atoms with van der Waals surface area (Å²) in [7, 11) is 2.02. The van der Waals surface area contributed by atoms with Crippen LogP contribution in [0.2, 0.25) is 0 Å². The molecule has 13 heavy (non-hydrogen) atoms. The normalized spacial score (nSPS) is 11.1. The molecule has 0 heterocycles. The second-order valence-electron chi connectivity index (χ2n) is 3.99. The van der Waals surface area contributed by atoms with Crippen LogP contribution in [0.25, 0.3) is 0 Å². The molecule has 0 bridgehead atoms. The Balaban J connectivity index is 3.67. The maximum Gasteiger partial charge on any atom is 0.295 e. The third-order valence-electron chi connectivity index (χ3n) is 2.01. The van der Waals surface area contributed by atoms with E-state index in [0.717, 1.165) is 6.54 Å². The van der Waals surface area contributed by atoms with Crippen LogP contribution < -0.4 is 5.32 Å². The van der Waals surface area contributed by atoms with E-state index < -0.39 is 0 Å². The lowest BCUT2D eigenvalue weighted by Gasteiger charge is -2.31. The fourth-order valence-corrected chi connectivity index (χ4v) is 0.724. The van der Waals surface area contributed by atoms with Gasteiger partial charge in [0.15, 0.2) is 0 Å². The summed E-state index contributed by atoms with van der Waals surface area (Å²) in [5, 5.41) is 2.62. The minimum Gasteiger partial charge on any atom is -0.344 e. The standard InChI is InChI=1S/C10H18N2O/c1-6-9(13)11-7-8-12(5)10(2,3)4/h1H,7-8H2,2-5H3,(H,11,13). The summed E-state index contributed by atoms with van der Waals surface area (Å²) >= 11 is 0. The fourth-order valence-electron chi connectivity index (χ4n) is 0.724. The van der Waals surface area contributed by atoms with Gasteiger partial charge in [-0.25, -0.2) is 0 Å². The Morgan fingerprint density at radius 2 is 2.08 bits per heavy atom. The van der Waals surface area contributed by atoms with E-state index in [9.17, 15) is 4.79 Å². The van der Waals surface area contributed by atoms with Crippen LogP contribution in [0, 0.1) is 12.3 Å². The SMILES string of the molecule is C#CC(=O)NCCN(C)C(C)(C)C. The maximum atomic E-state index is 10.7. The highest BCUT2D eigenvalue weighted by atomic mass is 16.1. The summed E-state index contributed by atoms with van der Waals surface area (Å²) < 4.78 is 0. The highest BCUT2D eigenvalue weighted by Gasteiger charge is 2.15. The quantitative estimate of drug-likeness (QED) is 0.643. The number of amides is 1. The first-order chi connectivity index (χ1) is 5.88. The van der Waals surface area contributed by atoms with Crippen molar-refractivity contribution >= 4 is 5.91 Å². The zero-order valence-corrected chi connectivity index (χ0v) is 8.85. The van der Waals surface area contributed by atoms with Gasteiger partial charge in [0.05, 0.1) is 0 Å². The van der Waals surface area contributed by atoms with E-state index in [1.165, 1.54) is 0 Å². The monoisotopic (exact) mass is 182 g/mol. The van der Waals surface area contributed by atoms with Crippen LogP contribution in [0.4, 0.5) is 0 Å². The predicted octanol–water partition coefficient (Wildman–Crippen LogP) is 0.466. The predicted molar refractivity (Wildman–Crippen MR) is 54.2 cm³/mol. The van der Waals surface area contributed by atoms with Gasteiger partial charge in [0.2, 0.25) is 0 Å². The second-order valence-corrected chi connectivity index (χ2v) is 3.99. The number of terminal acetylenes is 1. The fraction of sp³-hybridized carbons (Fsp3) is 0.700. The summed E-state index contributed by atoms with van der Waals surface area (Å²) in [6.07, 6.45) is 4.90. The Bertz CT molecular complexity index is 210. The summed E-state index contributed by atoms with van der Waals surface area (Å²) in [4.78, 5) is 12.8. The van der Waals surface area contributed by atoms with Gasteiger partial charge >= 0.3 is 0 Å². The van der Waals surface area contributed by atoms with E-state index in [0.29, 0.717) is 6.54 Å². The molecule has 0 aliphatic rings. The molecule has 0 atom stereocenters. The molecule has 0 aromatic rings. The van der Waals surface area contributed by atoms with Crippen LogP contribution in [0.1, 0.15) is 20.8 Å². The van der Waals surface area contributed by atoms with Gasteiger partial charge in [0.25, 0.3) is 5.91 Å². The lowest BCUT2D eigenvalue weighted by atomic mass is 10.1. The largest absolute Gasteiger partial charge is 0.344 e.